The highest BCUT2D eigenvalue weighted by molar-refractivity contribution is 5.77. The molecule has 30 nitrogen and oxygen atoms in total. The Bertz CT molecular complexity index is 1910. The van der Waals surface area contributed by atoms with E-state index in [-0.39, 0.29) is 52.3 Å². The van der Waals surface area contributed by atoms with Crippen molar-refractivity contribution < 1.29 is 115 Å². The van der Waals surface area contributed by atoms with Crippen LogP contribution in [0.15, 0.2) is 0 Å². The SMILES string of the molecule is CC(=O)N[C@H]1[C@H](OCCCNCCCNC(=O)OCC(O)COC(=O)NCCC(=O)NCCCO[C@@H]2O[C@H](COC(C)=O)[C@H](OC(C)=O)[C@H](OC(C)=O)[C@H]2NC(C)=O)O[C@H](COC(C)=O)[C@H](OC(C)=O)[C@@H]1OC(C)=O. The Morgan fingerprint density at radius 2 is 0.853 bits per heavy atom. The van der Waals surface area contributed by atoms with E-state index in [0.717, 1.165) is 34.6 Å². The number of amides is 5. The Morgan fingerprint density at radius 1 is 0.467 bits per heavy atom. The van der Waals surface area contributed by atoms with Crippen LogP contribution >= 0.6 is 0 Å². The summed E-state index contributed by atoms with van der Waals surface area (Å²) < 4.78 is 65.2. The molecule has 2 rings (SSSR count). The number of ether oxygens (including phenoxy) is 12. The van der Waals surface area contributed by atoms with E-state index in [1.807, 2.05) is 0 Å². The average Bonchev–Trinajstić information content (AvgIpc) is 3.30. The van der Waals surface area contributed by atoms with Crippen molar-refractivity contribution in [3.05, 3.63) is 0 Å². The predicted octanol–water partition coefficient (Wildman–Crippen LogP) is -2.59. The first kappa shape index (κ1) is 64.6. The number of carbonyl (C=O) groups excluding carboxylic acids is 11. The summed E-state index contributed by atoms with van der Waals surface area (Å²) >= 11 is 0. The first-order valence-corrected chi connectivity index (χ1v) is 24.0. The fourth-order valence-corrected chi connectivity index (χ4v) is 7.15. The maximum absolute atomic E-state index is 12.4. The van der Waals surface area contributed by atoms with E-state index < -0.39 is 153 Å². The normalized spacial score (nSPS) is 23.3. The summed E-state index contributed by atoms with van der Waals surface area (Å²) in [5, 5.41) is 26.0. The number of carbonyl (C=O) groups is 11. The zero-order valence-corrected chi connectivity index (χ0v) is 43.3. The standard InChI is InChI=1S/C45H72N6O24/c1-24(52)50-36-40(72-30(7)58)38(70-28(5)56)33(22-66-26(3)54)74-42(36)64-18-10-14-46-13-9-15-48-44(62)68-20-32(60)21-69-45(63)49-17-12-35(61)47-16-11-19-65-43-37(51-25(2)53)41(73-31(8)59)39(71-29(6)57)34(75-43)23-67-27(4)55/h32-34,36-43,46,60H,9-23H2,1-8H3,(H,47,61)(H,48,62)(H,49,63)(H,50,52)(H,51,53)/t32?,33-,34-,36-,37-,38+,39+,40-,41-,42-,43-/m1/s1. The van der Waals surface area contributed by atoms with Gasteiger partial charge in [-0.1, -0.05) is 0 Å². The Balaban J connectivity index is 1.65. The van der Waals surface area contributed by atoms with Gasteiger partial charge in [-0.15, -0.1) is 0 Å². The lowest BCUT2D eigenvalue weighted by atomic mass is 9.96. The molecule has 0 aliphatic carbocycles. The van der Waals surface area contributed by atoms with Crippen molar-refractivity contribution >= 4 is 65.7 Å². The summed E-state index contributed by atoms with van der Waals surface area (Å²) in [6.45, 7) is 8.58. The molecule has 2 aliphatic heterocycles. The number of hydrogen-bond donors (Lipinski definition) is 7. The van der Waals surface area contributed by atoms with Gasteiger partial charge < -0.3 is 93.8 Å². The van der Waals surface area contributed by atoms with Gasteiger partial charge >= 0.3 is 48.0 Å². The Hall–Kier alpha value is -6.47. The quantitative estimate of drug-likeness (QED) is 0.0213. The fraction of sp³-hybridized carbons (Fsp3) is 0.756. The van der Waals surface area contributed by atoms with Crippen LogP contribution in [-0.2, 0) is 100.0 Å². The average molecular weight is 1080 g/mol. The van der Waals surface area contributed by atoms with E-state index in [9.17, 15) is 57.8 Å². The molecule has 30 heteroatoms. The van der Waals surface area contributed by atoms with Crippen molar-refractivity contribution in [1.29, 1.82) is 0 Å². The van der Waals surface area contributed by atoms with Gasteiger partial charge in [0.2, 0.25) is 17.7 Å². The summed E-state index contributed by atoms with van der Waals surface area (Å²) in [5.41, 5.74) is 0. The highest BCUT2D eigenvalue weighted by Crippen LogP contribution is 2.29. The number of rotatable bonds is 31. The number of aliphatic hydroxyl groups excluding tert-OH is 1. The van der Waals surface area contributed by atoms with Crippen molar-refractivity contribution in [3.63, 3.8) is 0 Å². The van der Waals surface area contributed by atoms with E-state index in [1.54, 1.807) is 0 Å². The number of alkyl carbamates (subject to hydrolysis) is 2. The van der Waals surface area contributed by atoms with Crippen LogP contribution in [0.25, 0.3) is 0 Å². The molecular formula is C45H72N6O24. The van der Waals surface area contributed by atoms with Crippen LogP contribution in [0.5, 0.6) is 0 Å². The summed E-state index contributed by atoms with van der Waals surface area (Å²) in [6.07, 6.45) is -11.9. The van der Waals surface area contributed by atoms with Crippen molar-refractivity contribution in [1.82, 2.24) is 31.9 Å². The molecule has 0 aromatic heterocycles. The molecule has 0 radical (unpaired) electrons. The smallest absolute Gasteiger partial charge is 0.407 e. The Morgan fingerprint density at radius 3 is 1.27 bits per heavy atom. The molecule has 426 valence electrons. The molecule has 2 aliphatic rings. The summed E-state index contributed by atoms with van der Waals surface area (Å²) in [4.78, 5) is 132. The molecule has 0 aromatic rings. The van der Waals surface area contributed by atoms with Crippen LogP contribution in [0.4, 0.5) is 9.59 Å². The molecule has 2 fully saturated rings. The maximum Gasteiger partial charge on any atom is 0.407 e. The zero-order valence-electron chi connectivity index (χ0n) is 43.3. The van der Waals surface area contributed by atoms with E-state index in [1.165, 1.54) is 20.8 Å². The second-order valence-electron chi connectivity index (χ2n) is 16.8. The van der Waals surface area contributed by atoms with E-state index in [0.29, 0.717) is 25.9 Å². The first-order valence-electron chi connectivity index (χ1n) is 24.0. The first-order chi connectivity index (χ1) is 35.5. The summed E-state index contributed by atoms with van der Waals surface area (Å²) in [5.74, 6) is -5.80. The molecule has 2 saturated heterocycles. The molecular weight excluding hydrogens is 1010 g/mol. The lowest BCUT2D eigenvalue weighted by molar-refractivity contribution is -0.277. The van der Waals surface area contributed by atoms with Crippen LogP contribution in [0.2, 0.25) is 0 Å². The topological polar surface area (TPSA) is 391 Å². The lowest BCUT2D eigenvalue weighted by Crippen LogP contribution is -2.66. The maximum atomic E-state index is 12.4. The number of aliphatic hydroxyl groups is 1. The van der Waals surface area contributed by atoms with Gasteiger partial charge in [0, 0.05) is 81.4 Å². The lowest BCUT2D eigenvalue weighted by Gasteiger charge is -2.44. The molecule has 7 N–H and O–H groups in total. The Labute approximate surface area is 432 Å². The van der Waals surface area contributed by atoms with Crippen molar-refractivity contribution in [2.75, 3.05) is 72.4 Å². The highest BCUT2D eigenvalue weighted by Gasteiger charge is 2.52. The molecule has 0 aromatic carbocycles. The molecule has 0 spiro atoms. The molecule has 75 heavy (non-hydrogen) atoms. The molecule has 11 atom stereocenters. The predicted molar refractivity (Wildman–Crippen MR) is 249 cm³/mol. The molecule has 5 amide bonds. The van der Waals surface area contributed by atoms with Crippen LogP contribution in [0.3, 0.4) is 0 Å². The molecule has 1 unspecified atom stereocenters. The van der Waals surface area contributed by atoms with Gasteiger partial charge in [0.25, 0.3) is 0 Å². The monoisotopic (exact) mass is 1080 g/mol. The van der Waals surface area contributed by atoms with Gasteiger partial charge in [-0.05, 0) is 32.4 Å². The highest BCUT2D eigenvalue weighted by atomic mass is 16.7. The van der Waals surface area contributed by atoms with Gasteiger partial charge in [0.15, 0.2) is 37.0 Å². The van der Waals surface area contributed by atoms with E-state index in [2.05, 4.69) is 31.9 Å². The minimum absolute atomic E-state index is 0.0528. The van der Waals surface area contributed by atoms with Crippen molar-refractivity contribution in [2.24, 2.45) is 0 Å². The zero-order chi connectivity index (χ0) is 56.0. The van der Waals surface area contributed by atoms with Crippen LogP contribution in [0, 0.1) is 0 Å². The summed E-state index contributed by atoms with van der Waals surface area (Å²) in [6, 6.07) is -2.25. The van der Waals surface area contributed by atoms with Crippen molar-refractivity contribution in [2.45, 2.75) is 148 Å². The minimum atomic E-state index is -1.36. The van der Waals surface area contributed by atoms with E-state index in [4.69, 9.17) is 56.8 Å². The third-order valence-corrected chi connectivity index (χ3v) is 10.1. The third kappa shape index (κ3) is 27.1. The fourth-order valence-electron chi connectivity index (χ4n) is 7.15. The second kappa shape index (κ2) is 34.9. The van der Waals surface area contributed by atoms with Crippen LogP contribution in [-0.4, -0.2) is 211 Å². The van der Waals surface area contributed by atoms with E-state index >= 15 is 0 Å². The number of nitrogens with one attached hydrogen (secondary N) is 6. The molecule has 0 saturated carbocycles. The summed E-state index contributed by atoms with van der Waals surface area (Å²) in [7, 11) is 0. The Kier molecular flexibility index (Phi) is 30.1. The van der Waals surface area contributed by atoms with Gasteiger partial charge in [-0.3, -0.25) is 43.2 Å². The van der Waals surface area contributed by atoms with Crippen LogP contribution in [0.1, 0.15) is 81.1 Å². The molecule has 2 heterocycles. The largest absolute Gasteiger partial charge is 0.463 e. The number of esters is 6. The second-order valence-corrected chi connectivity index (χ2v) is 16.8. The van der Waals surface area contributed by atoms with Gasteiger partial charge in [-0.2, -0.15) is 0 Å². The van der Waals surface area contributed by atoms with Crippen molar-refractivity contribution in [3.8, 4) is 0 Å². The van der Waals surface area contributed by atoms with Crippen LogP contribution < -0.4 is 31.9 Å². The number of hydrogen-bond acceptors (Lipinski definition) is 25. The van der Waals surface area contributed by atoms with Gasteiger partial charge in [-0.25, -0.2) is 9.59 Å². The van der Waals surface area contributed by atoms with Gasteiger partial charge in [0.05, 0.1) is 13.2 Å². The molecule has 0 bridgehead atoms. The van der Waals surface area contributed by atoms with Gasteiger partial charge in [0.1, 0.15) is 56.8 Å². The minimum Gasteiger partial charge on any atom is -0.463 e. The third-order valence-electron chi connectivity index (χ3n) is 10.1.